The van der Waals surface area contributed by atoms with Crippen molar-refractivity contribution >= 4 is 11.8 Å². The monoisotopic (exact) mass is 86.0 g/mol. The lowest BCUT2D eigenvalue weighted by Gasteiger charge is -1.54. The molecule has 5 heavy (non-hydrogen) atoms. The maximum Gasteiger partial charge on any atom is 0.346 e. The van der Waals surface area contributed by atoms with Crippen LogP contribution in [0.5, 0.6) is 0 Å². The molecule has 1 rings (SSSR count). The van der Waals surface area contributed by atoms with E-state index < -0.39 is 0 Å². The Hall–Kier alpha value is -0.160. The fourth-order valence-electron chi connectivity index (χ4n) is 0.228. The first-order valence-electron chi connectivity index (χ1n) is 1.53. The minimum Gasteiger partial charge on any atom is -0.0700 e. The third-order valence-corrected chi connectivity index (χ3v) is 1.08. The van der Waals surface area contributed by atoms with Crippen molar-refractivity contribution in [1.82, 2.24) is 0 Å². The van der Waals surface area contributed by atoms with Crippen LogP contribution >= 0.6 is 11.8 Å². The zero-order chi connectivity index (χ0) is 3.54. The van der Waals surface area contributed by atoms with Crippen LogP contribution in [0, 0.1) is 5.40 Å². The highest BCUT2D eigenvalue weighted by Crippen LogP contribution is 2.01. The first kappa shape index (κ1) is 3.05. The molecule has 0 unspecified atom stereocenters. The van der Waals surface area contributed by atoms with Gasteiger partial charge in [-0.3, -0.25) is 0 Å². The van der Waals surface area contributed by atoms with Crippen LogP contribution in [0.2, 0.25) is 0 Å². The standard InChI is InChI=1S/C3H4NS/c1-2-5-3-4-1/h1-2H2/q+1. The van der Waals surface area contributed by atoms with Gasteiger partial charge < -0.3 is 0 Å². The van der Waals surface area contributed by atoms with Crippen molar-refractivity contribution in [1.29, 1.82) is 0 Å². The number of thioether (sulfide) groups is 1. The Morgan fingerprint density at radius 3 is 3.00 bits per heavy atom. The zero-order valence-corrected chi connectivity index (χ0v) is 3.59. The van der Waals surface area contributed by atoms with E-state index in [1.807, 2.05) is 0 Å². The molecule has 1 nitrogen and oxygen atoms in total. The molecule has 1 aliphatic heterocycles. The first-order chi connectivity index (χ1) is 2.50. The molecule has 0 aromatic heterocycles. The van der Waals surface area contributed by atoms with E-state index in [-0.39, 0.29) is 0 Å². The van der Waals surface area contributed by atoms with Gasteiger partial charge in [0.25, 0.3) is 6.54 Å². The highest BCUT2D eigenvalue weighted by molar-refractivity contribution is 8.04. The second kappa shape index (κ2) is 1.32. The zero-order valence-electron chi connectivity index (χ0n) is 2.77. The molecule has 0 saturated carbocycles. The van der Waals surface area contributed by atoms with Crippen LogP contribution in [-0.4, -0.2) is 12.3 Å². The third-order valence-electron chi connectivity index (χ3n) is 0.434. The lowest BCUT2D eigenvalue weighted by Crippen LogP contribution is -1.68. The van der Waals surface area contributed by atoms with Gasteiger partial charge in [0, 0.05) is 11.8 Å². The Labute approximate surface area is 35.2 Å². The van der Waals surface area contributed by atoms with Gasteiger partial charge in [0.05, 0.1) is 5.75 Å². The Bertz CT molecular complexity index is 70.6. The summed E-state index contributed by atoms with van der Waals surface area (Å²) < 4.78 is 0. The summed E-state index contributed by atoms with van der Waals surface area (Å²) in [5, 5.41) is 2.76. The van der Waals surface area contributed by atoms with Crippen molar-refractivity contribution in [3.8, 4) is 5.40 Å². The summed E-state index contributed by atoms with van der Waals surface area (Å²) in [6, 6.07) is 0. The van der Waals surface area contributed by atoms with E-state index in [1.165, 1.54) is 0 Å². The van der Waals surface area contributed by atoms with Gasteiger partial charge in [-0.1, -0.05) is 4.85 Å². The van der Waals surface area contributed by atoms with Crippen LogP contribution in [0.1, 0.15) is 0 Å². The molecule has 0 N–H and O–H groups in total. The van der Waals surface area contributed by atoms with E-state index in [9.17, 15) is 0 Å². The summed E-state index contributed by atoms with van der Waals surface area (Å²) in [4.78, 5) is 3.80. The van der Waals surface area contributed by atoms with Gasteiger partial charge in [-0.2, -0.15) is 0 Å². The van der Waals surface area contributed by atoms with Crippen LogP contribution in [-0.2, 0) is 0 Å². The largest absolute Gasteiger partial charge is 0.346 e. The van der Waals surface area contributed by atoms with E-state index in [1.54, 1.807) is 11.8 Å². The van der Waals surface area contributed by atoms with E-state index in [0.717, 1.165) is 12.3 Å². The van der Waals surface area contributed by atoms with Crippen LogP contribution in [0.3, 0.4) is 0 Å². The smallest absolute Gasteiger partial charge is 0.0700 e. The molecule has 26 valence electrons. The van der Waals surface area contributed by atoms with E-state index in [4.69, 9.17) is 0 Å². The molecule has 1 aliphatic rings. The number of nitrogens with zero attached hydrogens (tertiary/aromatic N) is 1. The number of thiocyanates is 1. The van der Waals surface area contributed by atoms with Crippen molar-refractivity contribution in [3.63, 3.8) is 0 Å². The molecular weight excluding hydrogens is 82.1 g/mol. The SMILES string of the molecule is C1#[N+]CCS1. The van der Waals surface area contributed by atoms with Crippen molar-refractivity contribution in [2.45, 2.75) is 0 Å². The highest BCUT2D eigenvalue weighted by atomic mass is 32.2. The van der Waals surface area contributed by atoms with Crippen molar-refractivity contribution in [2.24, 2.45) is 0 Å². The predicted octanol–water partition coefficient (Wildman–Crippen LogP) is 1.02. The lowest BCUT2D eigenvalue weighted by atomic mass is 10.8. The minimum absolute atomic E-state index is 0.977. The second-order valence-corrected chi connectivity index (χ2v) is 1.70. The second-order valence-electron chi connectivity index (χ2n) is 0.821. The molecule has 0 bridgehead atoms. The molecule has 0 spiro atoms. The Kier molecular flexibility index (Phi) is 0.806. The summed E-state index contributed by atoms with van der Waals surface area (Å²) in [6.45, 7) is 0.977. The molecule has 0 atom stereocenters. The van der Waals surface area contributed by atoms with Gasteiger partial charge in [-0.15, -0.1) is 0 Å². The normalized spacial score (nSPS) is 17.6. The topological polar surface area (TPSA) is 4.36 Å². The molecule has 0 aromatic rings. The molecule has 0 saturated heterocycles. The van der Waals surface area contributed by atoms with Gasteiger partial charge in [0.15, 0.2) is 0 Å². The summed E-state index contributed by atoms with van der Waals surface area (Å²) in [5.41, 5.74) is 0. The van der Waals surface area contributed by atoms with Crippen molar-refractivity contribution < 1.29 is 0 Å². The maximum atomic E-state index is 3.80. The fourth-order valence-corrected chi connectivity index (χ4v) is 0.685. The molecule has 0 aliphatic carbocycles. The average molecular weight is 86.1 g/mol. The van der Waals surface area contributed by atoms with E-state index in [0.29, 0.717) is 0 Å². The molecule has 0 amide bonds. The summed E-state index contributed by atoms with van der Waals surface area (Å²) in [5.74, 6) is 1.14. The highest BCUT2D eigenvalue weighted by Gasteiger charge is 1.99. The van der Waals surface area contributed by atoms with Crippen LogP contribution in [0.15, 0.2) is 0 Å². The fraction of sp³-hybridized carbons (Fsp3) is 0.667. The lowest BCUT2D eigenvalue weighted by molar-refractivity contribution is 1.40. The van der Waals surface area contributed by atoms with Gasteiger partial charge in [0.1, 0.15) is 0 Å². The Morgan fingerprint density at radius 1 is 1.80 bits per heavy atom. The average Bonchev–Trinajstić information content (AvgIpc) is 1.76. The van der Waals surface area contributed by atoms with Gasteiger partial charge in [-0.05, 0) is 0 Å². The Balaban J connectivity index is 2.42. The summed E-state index contributed by atoms with van der Waals surface area (Å²) in [7, 11) is 0. The number of hydrogen-bond acceptors (Lipinski definition) is 1. The Morgan fingerprint density at radius 2 is 2.80 bits per heavy atom. The van der Waals surface area contributed by atoms with Crippen LogP contribution in [0.25, 0.3) is 4.85 Å². The van der Waals surface area contributed by atoms with Gasteiger partial charge >= 0.3 is 5.40 Å². The molecular formula is C3H4NS+. The summed E-state index contributed by atoms with van der Waals surface area (Å²) in [6.07, 6.45) is 0. The van der Waals surface area contributed by atoms with Gasteiger partial charge in [0.2, 0.25) is 0 Å². The molecule has 1 heterocycles. The van der Waals surface area contributed by atoms with Crippen molar-refractivity contribution in [3.05, 3.63) is 4.85 Å². The predicted molar refractivity (Wildman–Crippen MR) is 24.6 cm³/mol. The quantitative estimate of drug-likeness (QED) is 0.398. The molecule has 2 heteroatoms. The molecule has 0 fully saturated rings. The first-order valence-corrected chi connectivity index (χ1v) is 2.52. The minimum atomic E-state index is 0.977. The number of hydrogen-bond donors (Lipinski definition) is 0. The maximum absolute atomic E-state index is 3.80. The van der Waals surface area contributed by atoms with E-state index in [2.05, 4.69) is 10.2 Å². The van der Waals surface area contributed by atoms with Crippen molar-refractivity contribution in [2.75, 3.05) is 12.3 Å². The van der Waals surface area contributed by atoms with Gasteiger partial charge in [-0.25, -0.2) is 0 Å². The third kappa shape index (κ3) is 0.555. The molecule has 0 aromatic carbocycles. The number of rotatable bonds is 0. The van der Waals surface area contributed by atoms with Crippen LogP contribution < -0.4 is 0 Å². The van der Waals surface area contributed by atoms with Crippen LogP contribution in [0.4, 0.5) is 0 Å². The summed E-state index contributed by atoms with van der Waals surface area (Å²) >= 11 is 1.66. The van der Waals surface area contributed by atoms with E-state index >= 15 is 0 Å². The molecule has 0 radical (unpaired) electrons.